The smallest absolute Gasteiger partial charge is 0.191 e. The van der Waals surface area contributed by atoms with Gasteiger partial charge in [0.1, 0.15) is 5.82 Å². The van der Waals surface area contributed by atoms with Crippen molar-refractivity contribution in [2.75, 3.05) is 12.8 Å². The third-order valence-electron chi connectivity index (χ3n) is 4.23. The molecule has 1 aromatic carbocycles. The first kappa shape index (κ1) is 22.0. The van der Waals surface area contributed by atoms with Gasteiger partial charge in [-0.2, -0.15) is 17.0 Å². The summed E-state index contributed by atoms with van der Waals surface area (Å²) in [4.78, 5) is 4.50. The minimum absolute atomic E-state index is 0. The van der Waals surface area contributed by atoms with E-state index in [1.54, 1.807) is 6.07 Å². The van der Waals surface area contributed by atoms with Crippen LogP contribution in [0, 0.1) is 17.1 Å². The van der Waals surface area contributed by atoms with Crippen molar-refractivity contribution in [2.24, 2.45) is 4.99 Å². The number of rotatable bonds is 5. The largest absolute Gasteiger partial charge is 0.357 e. The minimum atomic E-state index is -0.325. The van der Waals surface area contributed by atoms with Crippen LogP contribution in [0.25, 0.3) is 0 Å². The van der Waals surface area contributed by atoms with Crippen LogP contribution in [0.4, 0.5) is 4.39 Å². The highest BCUT2D eigenvalue weighted by atomic mass is 127. The van der Waals surface area contributed by atoms with Crippen molar-refractivity contribution in [3.8, 4) is 6.07 Å². The quantitative estimate of drug-likeness (QED) is 0.383. The van der Waals surface area contributed by atoms with Crippen molar-refractivity contribution in [3.63, 3.8) is 0 Å². The molecule has 138 valence electrons. The van der Waals surface area contributed by atoms with Crippen LogP contribution in [0.2, 0.25) is 0 Å². The highest BCUT2D eigenvalue weighted by Gasteiger charge is 2.21. The zero-order valence-electron chi connectivity index (χ0n) is 14.7. The Hall–Kier alpha value is -1.01. The fraction of sp³-hybridized carbons (Fsp3) is 0.556. The summed E-state index contributed by atoms with van der Waals surface area (Å²) in [5.74, 6) is 0.389. The average Bonchev–Trinajstić information content (AvgIpc) is 2.61. The molecular weight excluding hydrogens is 450 g/mol. The molecule has 2 N–H and O–H groups in total. The first-order valence-corrected chi connectivity index (χ1v) is 9.71. The number of nitriles is 1. The number of nitrogens with zero attached hydrogens (tertiary/aromatic N) is 2. The normalized spacial score (nSPS) is 20.3. The third-order valence-corrected chi connectivity index (χ3v) is 5.32. The van der Waals surface area contributed by atoms with Gasteiger partial charge >= 0.3 is 0 Å². The van der Waals surface area contributed by atoms with Crippen LogP contribution in [0.3, 0.4) is 0 Å². The maximum atomic E-state index is 13.9. The van der Waals surface area contributed by atoms with Crippen molar-refractivity contribution in [2.45, 2.75) is 50.4 Å². The van der Waals surface area contributed by atoms with Crippen LogP contribution >= 0.6 is 35.7 Å². The van der Waals surface area contributed by atoms with Gasteiger partial charge in [-0.1, -0.05) is 6.42 Å². The lowest BCUT2D eigenvalue weighted by atomic mass is 9.95. The number of nitrogens with one attached hydrogen (secondary N) is 2. The topological polar surface area (TPSA) is 60.2 Å². The molecule has 2 unspecified atom stereocenters. The van der Waals surface area contributed by atoms with Crippen LogP contribution < -0.4 is 10.6 Å². The van der Waals surface area contributed by atoms with Gasteiger partial charge in [0.25, 0.3) is 0 Å². The standard InChI is InChI=1S/C18H25FN4S.HI/c1-3-21-18(23-15-5-4-6-16(10-15)24-2)22-12-14-9-13(11-20)7-8-17(14)19;/h7-9,15-16H,3-6,10,12H2,1-2H3,(H2,21,22,23);1H. The second-order valence-electron chi connectivity index (χ2n) is 5.98. The Morgan fingerprint density at radius 2 is 2.24 bits per heavy atom. The van der Waals surface area contributed by atoms with Crippen LogP contribution in [0.15, 0.2) is 23.2 Å². The fourth-order valence-corrected chi connectivity index (χ4v) is 3.76. The maximum Gasteiger partial charge on any atom is 0.191 e. The van der Waals surface area contributed by atoms with Crippen molar-refractivity contribution in [1.82, 2.24) is 10.6 Å². The van der Waals surface area contributed by atoms with E-state index in [9.17, 15) is 4.39 Å². The summed E-state index contributed by atoms with van der Waals surface area (Å²) in [5.41, 5.74) is 0.895. The van der Waals surface area contributed by atoms with Crippen molar-refractivity contribution >= 4 is 41.7 Å². The van der Waals surface area contributed by atoms with E-state index in [1.807, 2.05) is 24.8 Å². The second-order valence-corrected chi connectivity index (χ2v) is 7.12. The number of halogens is 2. The van der Waals surface area contributed by atoms with Crippen molar-refractivity contribution in [3.05, 3.63) is 35.1 Å². The summed E-state index contributed by atoms with van der Waals surface area (Å²) in [5, 5.41) is 16.3. The number of hydrogen-bond acceptors (Lipinski definition) is 3. The summed E-state index contributed by atoms with van der Waals surface area (Å²) in [6.45, 7) is 2.99. The van der Waals surface area contributed by atoms with Gasteiger partial charge in [0.15, 0.2) is 5.96 Å². The molecule has 1 saturated carbocycles. The number of thioether (sulfide) groups is 1. The van der Waals surface area contributed by atoms with E-state index >= 15 is 0 Å². The zero-order valence-corrected chi connectivity index (χ0v) is 17.9. The first-order valence-electron chi connectivity index (χ1n) is 8.42. The van der Waals surface area contributed by atoms with Crippen LogP contribution in [0.5, 0.6) is 0 Å². The molecular formula is C18H26FIN4S. The lowest BCUT2D eigenvalue weighted by Gasteiger charge is -2.29. The van der Waals surface area contributed by atoms with Gasteiger partial charge in [-0.15, -0.1) is 24.0 Å². The molecule has 0 radical (unpaired) electrons. The Balaban J connectivity index is 0.00000312. The maximum absolute atomic E-state index is 13.9. The van der Waals surface area contributed by atoms with Crippen LogP contribution in [-0.2, 0) is 6.54 Å². The van der Waals surface area contributed by atoms with E-state index in [2.05, 4.69) is 21.9 Å². The SMILES string of the molecule is CCNC(=NCc1cc(C#N)ccc1F)NC1CCCC(SC)C1.I. The third kappa shape index (κ3) is 7.02. The van der Waals surface area contributed by atoms with E-state index in [1.165, 1.54) is 25.0 Å². The van der Waals surface area contributed by atoms with Gasteiger partial charge in [-0.3, -0.25) is 0 Å². The summed E-state index contributed by atoms with van der Waals surface area (Å²) in [6, 6.07) is 6.81. The minimum Gasteiger partial charge on any atom is -0.357 e. The lowest BCUT2D eigenvalue weighted by molar-refractivity contribution is 0.419. The molecule has 1 aliphatic carbocycles. The number of guanidine groups is 1. The molecule has 0 heterocycles. The molecule has 1 aromatic rings. The van der Waals surface area contributed by atoms with Gasteiger partial charge < -0.3 is 10.6 Å². The predicted molar refractivity (Wildman–Crippen MR) is 114 cm³/mol. The summed E-state index contributed by atoms with van der Waals surface area (Å²) < 4.78 is 13.9. The van der Waals surface area contributed by atoms with Crippen molar-refractivity contribution < 1.29 is 4.39 Å². The monoisotopic (exact) mass is 476 g/mol. The molecule has 0 bridgehead atoms. The zero-order chi connectivity index (χ0) is 17.4. The molecule has 1 aliphatic rings. The van der Waals surface area contributed by atoms with Crippen LogP contribution in [0.1, 0.15) is 43.7 Å². The van der Waals surface area contributed by atoms with Gasteiger partial charge in [-0.25, -0.2) is 9.38 Å². The van der Waals surface area contributed by atoms with Gasteiger partial charge in [-0.05, 0) is 50.6 Å². The highest BCUT2D eigenvalue weighted by molar-refractivity contribution is 14.0. The van der Waals surface area contributed by atoms with E-state index in [-0.39, 0.29) is 36.3 Å². The average molecular weight is 476 g/mol. The van der Waals surface area contributed by atoms with Gasteiger partial charge in [0.2, 0.25) is 0 Å². The number of benzene rings is 1. The highest BCUT2D eigenvalue weighted by Crippen LogP contribution is 2.26. The van der Waals surface area contributed by atoms with Crippen molar-refractivity contribution in [1.29, 1.82) is 5.26 Å². The van der Waals surface area contributed by atoms with E-state index < -0.39 is 0 Å². The van der Waals surface area contributed by atoms with Gasteiger partial charge in [0, 0.05) is 23.4 Å². The predicted octanol–water partition coefficient (Wildman–Crippen LogP) is 4.04. The summed E-state index contributed by atoms with van der Waals surface area (Å²) in [6.07, 6.45) is 6.93. The lowest BCUT2D eigenvalue weighted by Crippen LogP contribution is -2.45. The Morgan fingerprint density at radius 3 is 2.92 bits per heavy atom. The molecule has 7 heteroatoms. The Morgan fingerprint density at radius 1 is 1.44 bits per heavy atom. The van der Waals surface area contributed by atoms with E-state index in [0.29, 0.717) is 28.4 Å². The molecule has 0 aromatic heterocycles. The van der Waals surface area contributed by atoms with E-state index in [0.717, 1.165) is 19.4 Å². The Labute approximate surface area is 171 Å². The molecule has 4 nitrogen and oxygen atoms in total. The van der Waals surface area contributed by atoms with E-state index in [4.69, 9.17) is 5.26 Å². The Kier molecular flexibility index (Phi) is 10.2. The Bertz CT molecular complexity index is 618. The molecule has 25 heavy (non-hydrogen) atoms. The second kappa shape index (κ2) is 11.6. The molecule has 0 spiro atoms. The number of aliphatic imine (C=N–C) groups is 1. The molecule has 2 atom stereocenters. The molecule has 1 fully saturated rings. The molecule has 0 amide bonds. The van der Waals surface area contributed by atoms with Gasteiger partial charge in [0.05, 0.1) is 18.2 Å². The molecule has 0 aliphatic heterocycles. The summed E-state index contributed by atoms with van der Waals surface area (Å²) in [7, 11) is 0. The first-order chi connectivity index (χ1) is 11.7. The fourth-order valence-electron chi connectivity index (χ4n) is 2.93. The molecule has 2 rings (SSSR count). The van der Waals surface area contributed by atoms with Crippen LogP contribution in [-0.4, -0.2) is 30.1 Å². The summed E-state index contributed by atoms with van der Waals surface area (Å²) >= 11 is 1.93. The molecule has 0 saturated heterocycles. The number of hydrogen-bond donors (Lipinski definition) is 2.